The van der Waals surface area contributed by atoms with E-state index in [1.54, 1.807) is 23.2 Å². The molecule has 4 amide bonds. The normalized spacial score (nSPS) is 18.5. The highest BCUT2D eigenvalue weighted by Gasteiger charge is 2.57. The van der Waals surface area contributed by atoms with Crippen molar-refractivity contribution in [2.75, 3.05) is 22.9 Å². The molecule has 188 valence electrons. The monoisotopic (exact) mass is 497 g/mol. The Morgan fingerprint density at radius 1 is 0.892 bits per heavy atom. The second kappa shape index (κ2) is 8.92. The molecule has 9 nitrogen and oxygen atoms in total. The van der Waals surface area contributed by atoms with E-state index >= 15 is 0 Å². The van der Waals surface area contributed by atoms with Crippen LogP contribution in [0.1, 0.15) is 29.5 Å². The Bertz CT molecular complexity index is 1370. The minimum absolute atomic E-state index is 0.326. The van der Waals surface area contributed by atoms with Gasteiger partial charge in [0, 0.05) is 31.4 Å². The number of hydrogen-bond donors (Lipinski definition) is 2. The van der Waals surface area contributed by atoms with Gasteiger partial charge in [-0.3, -0.25) is 20.2 Å². The highest BCUT2D eigenvalue weighted by atomic mass is 16.5. The van der Waals surface area contributed by atoms with Gasteiger partial charge >= 0.3 is 6.03 Å². The summed E-state index contributed by atoms with van der Waals surface area (Å²) in [5.41, 5.74) is 4.21. The largest absolute Gasteiger partial charge is 0.439 e. The summed E-state index contributed by atoms with van der Waals surface area (Å²) < 4.78 is 6.03. The molecule has 0 bridgehead atoms. The SMILES string of the molecule is Cc1ccc(N2CCc3cc(Oc4ccc(N5CCCC56C(=O)NC(=O)NC6=O)cn4)ccc3C2)cc1. The Balaban J connectivity index is 1.16. The fourth-order valence-electron chi connectivity index (χ4n) is 5.47. The van der Waals surface area contributed by atoms with Crippen molar-refractivity contribution in [3.8, 4) is 11.6 Å². The first-order valence-corrected chi connectivity index (χ1v) is 12.4. The maximum atomic E-state index is 12.7. The fraction of sp³-hybridized carbons (Fsp3) is 0.286. The molecular weight excluding hydrogens is 470 g/mol. The number of benzene rings is 2. The second-order valence-corrected chi connectivity index (χ2v) is 9.75. The number of nitrogens with one attached hydrogen (secondary N) is 2. The Morgan fingerprint density at radius 2 is 1.65 bits per heavy atom. The molecule has 2 saturated heterocycles. The molecule has 3 aliphatic rings. The number of aryl methyl sites for hydroxylation is 1. The molecule has 9 heteroatoms. The van der Waals surface area contributed by atoms with Crippen LogP contribution in [-0.2, 0) is 22.6 Å². The highest BCUT2D eigenvalue weighted by Crippen LogP contribution is 2.36. The van der Waals surface area contributed by atoms with E-state index in [0.29, 0.717) is 36.7 Å². The van der Waals surface area contributed by atoms with E-state index in [9.17, 15) is 14.4 Å². The zero-order valence-corrected chi connectivity index (χ0v) is 20.5. The Kier molecular flexibility index (Phi) is 5.55. The molecule has 6 rings (SSSR count). The molecule has 0 atom stereocenters. The molecule has 0 unspecified atom stereocenters. The van der Waals surface area contributed by atoms with Crippen molar-refractivity contribution in [2.24, 2.45) is 0 Å². The third-order valence-electron chi connectivity index (χ3n) is 7.43. The van der Waals surface area contributed by atoms with Crippen LogP contribution < -0.4 is 25.2 Å². The van der Waals surface area contributed by atoms with E-state index in [1.807, 2.05) is 6.07 Å². The average Bonchev–Trinajstić information content (AvgIpc) is 3.34. The molecule has 1 spiro atoms. The van der Waals surface area contributed by atoms with Crippen molar-refractivity contribution in [1.29, 1.82) is 0 Å². The topological polar surface area (TPSA) is 104 Å². The number of rotatable bonds is 4. The molecule has 3 aliphatic heterocycles. The summed E-state index contributed by atoms with van der Waals surface area (Å²) >= 11 is 0. The zero-order chi connectivity index (χ0) is 25.6. The first-order valence-electron chi connectivity index (χ1n) is 12.4. The maximum absolute atomic E-state index is 12.7. The number of imide groups is 2. The van der Waals surface area contributed by atoms with Crippen molar-refractivity contribution in [2.45, 2.75) is 38.3 Å². The first kappa shape index (κ1) is 23.0. The van der Waals surface area contributed by atoms with E-state index in [0.717, 1.165) is 19.5 Å². The van der Waals surface area contributed by atoms with Crippen LogP contribution >= 0.6 is 0 Å². The number of nitrogens with zero attached hydrogens (tertiary/aromatic N) is 3. The molecule has 2 aromatic carbocycles. The van der Waals surface area contributed by atoms with Gasteiger partial charge in [-0.2, -0.15) is 0 Å². The smallest absolute Gasteiger partial charge is 0.328 e. The average molecular weight is 498 g/mol. The summed E-state index contributed by atoms with van der Waals surface area (Å²) in [7, 11) is 0. The van der Waals surface area contributed by atoms with Crippen LogP contribution in [0, 0.1) is 6.92 Å². The summed E-state index contributed by atoms with van der Waals surface area (Å²) in [5.74, 6) is -0.0742. The summed E-state index contributed by atoms with van der Waals surface area (Å²) in [6, 6.07) is 17.5. The third kappa shape index (κ3) is 4.06. The predicted octanol–water partition coefficient (Wildman–Crippen LogP) is 3.45. The lowest BCUT2D eigenvalue weighted by atomic mass is 9.92. The second-order valence-electron chi connectivity index (χ2n) is 9.75. The van der Waals surface area contributed by atoms with Crippen molar-refractivity contribution in [3.63, 3.8) is 0 Å². The minimum atomic E-state index is -1.44. The van der Waals surface area contributed by atoms with Crippen molar-refractivity contribution in [1.82, 2.24) is 15.6 Å². The number of pyridine rings is 1. The van der Waals surface area contributed by atoms with Crippen molar-refractivity contribution >= 4 is 29.2 Å². The minimum Gasteiger partial charge on any atom is -0.439 e. The molecule has 1 aromatic heterocycles. The quantitative estimate of drug-likeness (QED) is 0.532. The summed E-state index contributed by atoms with van der Waals surface area (Å²) in [6.45, 7) is 4.40. The molecule has 4 heterocycles. The van der Waals surface area contributed by atoms with Gasteiger partial charge in [0.25, 0.3) is 11.8 Å². The van der Waals surface area contributed by atoms with Crippen molar-refractivity contribution in [3.05, 3.63) is 77.5 Å². The number of carbonyl (C=O) groups is 3. The van der Waals surface area contributed by atoms with E-state index in [4.69, 9.17) is 4.74 Å². The van der Waals surface area contributed by atoms with Gasteiger partial charge in [-0.25, -0.2) is 9.78 Å². The van der Waals surface area contributed by atoms with E-state index in [-0.39, 0.29) is 0 Å². The molecule has 0 radical (unpaired) electrons. The standard InChI is InChI=1S/C28H27N5O4/c1-18-3-6-21(7-4-18)32-14-11-19-15-23(9-5-20(19)17-32)37-24-10-8-22(16-29-24)33-13-2-12-28(33)25(34)30-27(36)31-26(28)35/h3-10,15-16H,2,11-14,17H2,1H3,(H2,30,31,34,35,36). The molecule has 0 aliphatic carbocycles. The van der Waals surface area contributed by atoms with Gasteiger partial charge in [0.1, 0.15) is 5.75 Å². The van der Waals surface area contributed by atoms with Crippen molar-refractivity contribution < 1.29 is 19.1 Å². The predicted molar refractivity (Wildman–Crippen MR) is 138 cm³/mol. The number of aromatic nitrogens is 1. The number of urea groups is 1. The Labute approximate surface area is 214 Å². The molecule has 2 fully saturated rings. The molecule has 37 heavy (non-hydrogen) atoms. The Hall–Kier alpha value is -4.40. The van der Waals surface area contributed by atoms with Gasteiger partial charge in [0.15, 0.2) is 5.54 Å². The van der Waals surface area contributed by atoms with Crippen LogP contribution in [0.3, 0.4) is 0 Å². The van der Waals surface area contributed by atoms with Gasteiger partial charge < -0.3 is 14.5 Å². The van der Waals surface area contributed by atoms with Crippen LogP contribution in [-0.4, -0.2) is 41.5 Å². The van der Waals surface area contributed by atoms with Gasteiger partial charge in [-0.05, 0) is 67.6 Å². The lowest BCUT2D eigenvalue weighted by Gasteiger charge is -2.38. The van der Waals surface area contributed by atoms with Gasteiger partial charge in [0.2, 0.25) is 5.88 Å². The number of fused-ring (bicyclic) bond motifs is 1. The van der Waals surface area contributed by atoms with E-state index in [1.165, 1.54) is 22.4 Å². The van der Waals surface area contributed by atoms with E-state index in [2.05, 4.69) is 63.8 Å². The van der Waals surface area contributed by atoms with Crippen LogP contribution in [0.15, 0.2) is 60.8 Å². The number of barbiturate groups is 1. The van der Waals surface area contributed by atoms with Crippen LogP contribution in [0.2, 0.25) is 0 Å². The van der Waals surface area contributed by atoms with Crippen LogP contribution in [0.5, 0.6) is 11.6 Å². The van der Waals surface area contributed by atoms with Gasteiger partial charge in [0.05, 0.1) is 11.9 Å². The number of carbonyl (C=O) groups excluding carboxylic acids is 3. The highest BCUT2D eigenvalue weighted by molar-refractivity contribution is 6.24. The number of hydrogen-bond acceptors (Lipinski definition) is 7. The van der Waals surface area contributed by atoms with E-state index < -0.39 is 23.4 Å². The maximum Gasteiger partial charge on any atom is 0.328 e. The zero-order valence-electron chi connectivity index (χ0n) is 20.5. The molecule has 3 aromatic rings. The van der Waals surface area contributed by atoms with Crippen LogP contribution in [0.25, 0.3) is 0 Å². The van der Waals surface area contributed by atoms with Gasteiger partial charge in [-0.15, -0.1) is 0 Å². The molecule has 2 N–H and O–H groups in total. The summed E-state index contributed by atoms with van der Waals surface area (Å²) in [4.78, 5) is 45.4. The lowest BCUT2D eigenvalue weighted by Crippen LogP contribution is -2.71. The number of amides is 4. The number of anilines is 2. The Morgan fingerprint density at radius 3 is 2.38 bits per heavy atom. The lowest BCUT2D eigenvalue weighted by molar-refractivity contribution is -0.137. The van der Waals surface area contributed by atoms with Gasteiger partial charge in [-0.1, -0.05) is 23.8 Å². The summed E-state index contributed by atoms with van der Waals surface area (Å²) in [5, 5.41) is 4.45. The third-order valence-corrected chi connectivity index (χ3v) is 7.43. The first-order chi connectivity index (χ1) is 17.9. The molecule has 0 saturated carbocycles. The summed E-state index contributed by atoms with van der Waals surface area (Å²) in [6.07, 6.45) is 3.49. The molecular formula is C28H27N5O4. The fourth-order valence-corrected chi connectivity index (χ4v) is 5.47. The van der Waals surface area contributed by atoms with Crippen LogP contribution in [0.4, 0.5) is 16.2 Å². The number of ether oxygens (including phenoxy) is 1.